The molecule has 21 heavy (non-hydrogen) atoms. The van der Waals surface area contributed by atoms with Crippen LogP contribution in [-0.4, -0.2) is 30.0 Å². The lowest BCUT2D eigenvalue weighted by atomic mass is 10.2. The Labute approximate surface area is 132 Å². The third kappa shape index (κ3) is 3.56. The molecular weight excluding hydrogens is 358 g/mol. The van der Waals surface area contributed by atoms with Gasteiger partial charge in [0.15, 0.2) is 0 Å². The summed E-state index contributed by atoms with van der Waals surface area (Å²) in [5.74, 6) is -0.412. The summed E-state index contributed by atoms with van der Waals surface area (Å²) in [6, 6.07) is 4.71. The molecule has 0 bridgehead atoms. The van der Waals surface area contributed by atoms with E-state index in [0.717, 1.165) is 0 Å². The van der Waals surface area contributed by atoms with Gasteiger partial charge < -0.3 is 5.11 Å². The van der Waals surface area contributed by atoms with Gasteiger partial charge in [0.2, 0.25) is 0 Å². The number of aromatic nitrogens is 3. The third-order valence-electron chi connectivity index (χ3n) is 2.82. The highest BCUT2D eigenvalue weighted by Crippen LogP contribution is 2.22. The fraction of sp³-hybridized carbons (Fsp3) is 0.308. The zero-order chi connectivity index (χ0) is 15.6. The second-order valence-corrected chi connectivity index (χ2v) is 6.99. The van der Waals surface area contributed by atoms with E-state index in [1.54, 1.807) is 16.8 Å². The Morgan fingerprint density at radius 1 is 1.48 bits per heavy atom. The molecule has 0 fully saturated rings. The number of nitrogens with zero attached hydrogens (tertiary/aromatic N) is 3. The second kappa shape index (κ2) is 6.48. The Hall–Kier alpha value is -1.54. The molecule has 1 aromatic carbocycles. The van der Waals surface area contributed by atoms with Crippen molar-refractivity contribution in [2.24, 2.45) is 0 Å². The molecule has 0 spiro atoms. The zero-order valence-corrected chi connectivity index (χ0v) is 13.9. The molecule has 0 aliphatic heterocycles. The SMILES string of the molecule is CC(C)n1ncnc1CS(=O)c1cc(Br)ccc1C(=O)O. The van der Waals surface area contributed by atoms with E-state index in [1.165, 1.54) is 12.4 Å². The molecule has 2 rings (SSSR count). The van der Waals surface area contributed by atoms with E-state index < -0.39 is 16.8 Å². The fourth-order valence-corrected chi connectivity index (χ4v) is 3.63. The first-order chi connectivity index (χ1) is 9.90. The van der Waals surface area contributed by atoms with Crippen LogP contribution in [0.3, 0.4) is 0 Å². The van der Waals surface area contributed by atoms with Crippen LogP contribution in [0.25, 0.3) is 0 Å². The predicted molar refractivity (Wildman–Crippen MR) is 81.6 cm³/mol. The average molecular weight is 372 g/mol. The molecule has 112 valence electrons. The van der Waals surface area contributed by atoms with Gasteiger partial charge in [-0.3, -0.25) is 4.21 Å². The molecule has 0 saturated heterocycles. The van der Waals surface area contributed by atoms with E-state index in [2.05, 4.69) is 26.0 Å². The molecule has 8 heteroatoms. The first-order valence-electron chi connectivity index (χ1n) is 6.19. The Balaban J connectivity index is 2.34. The van der Waals surface area contributed by atoms with Gasteiger partial charge in [0.25, 0.3) is 0 Å². The van der Waals surface area contributed by atoms with Crippen molar-refractivity contribution in [1.29, 1.82) is 0 Å². The molecule has 2 aromatic rings. The molecule has 6 nitrogen and oxygen atoms in total. The maximum atomic E-state index is 12.5. The van der Waals surface area contributed by atoms with Crippen LogP contribution in [0, 0.1) is 0 Å². The maximum Gasteiger partial charge on any atom is 0.336 e. The predicted octanol–water partition coefficient (Wildman–Crippen LogP) is 2.63. The van der Waals surface area contributed by atoms with Crippen molar-refractivity contribution in [1.82, 2.24) is 14.8 Å². The molecule has 0 amide bonds. The third-order valence-corrected chi connectivity index (χ3v) is 4.66. The summed E-state index contributed by atoms with van der Waals surface area (Å²) in [4.78, 5) is 15.6. The number of hydrogen-bond donors (Lipinski definition) is 1. The van der Waals surface area contributed by atoms with Crippen LogP contribution in [0.15, 0.2) is 33.9 Å². The number of aromatic carboxylic acids is 1. The Morgan fingerprint density at radius 2 is 2.19 bits per heavy atom. The van der Waals surface area contributed by atoms with Gasteiger partial charge in [0, 0.05) is 10.5 Å². The van der Waals surface area contributed by atoms with Crippen LogP contribution in [0.1, 0.15) is 36.1 Å². The molecule has 1 atom stereocenters. The van der Waals surface area contributed by atoms with Crippen molar-refractivity contribution in [3.8, 4) is 0 Å². The lowest BCUT2D eigenvalue weighted by Gasteiger charge is -2.10. The quantitative estimate of drug-likeness (QED) is 0.872. The molecule has 1 aromatic heterocycles. The summed E-state index contributed by atoms with van der Waals surface area (Å²) < 4.78 is 14.9. The van der Waals surface area contributed by atoms with Crippen molar-refractivity contribution in [2.45, 2.75) is 30.5 Å². The summed E-state index contributed by atoms with van der Waals surface area (Å²) in [6.45, 7) is 3.89. The first kappa shape index (κ1) is 15.8. The number of carboxylic acid groups (broad SMARTS) is 1. The fourth-order valence-electron chi connectivity index (χ4n) is 1.86. The highest BCUT2D eigenvalue weighted by molar-refractivity contribution is 9.10. The van der Waals surface area contributed by atoms with Crippen LogP contribution >= 0.6 is 15.9 Å². The molecule has 0 saturated carbocycles. The minimum Gasteiger partial charge on any atom is -0.478 e. The van der Waals surface area contributed by atoms with Gasteiger partial charge in [-0.15, -0.1) is 0 Å². The van der Waals surface area contributed by atoms with E-state index in [0.29, 0.717) is 10.3 Å². The van der Waals surface area contributed by atoms with Gasteiger partial charge in [0.1, 0.15) is 12.2 Å². The van der Waals surface area contributed by atoms with E-state index in [-0.39, 0.29) is 22.3 Å². The monoisotopic (exact) mass is 371 g/mol. The van der Waals surface area contributed by atoms with Crippen LogP contribution in [0.2, 0.25) is 0 Å². The van der Waals surface area contributed by atoms with E-state index in [4.69, 9.17) is 0 Å². The van der Waals surface area contributed by atoms with Crippen molar-refractivity contribution < 1.29 is 14.1 Å². The topological polar surface area (TPSA) is 85.1 Å². The number of rotatable bonds is 5. The molecule has 1 unspecified atom stereocenters. The van der Waals surface area contributed by atoms with Gasteiger partial charge in [-0.05, 0) is 32.0 Å². The van der Waals surface area contributed by atoms with Crippen molar-refractivity contribution in [2.75, 3.05) is 0 Å². The smallest absolute Gasteiger partial charge is 0.336 e. The molecule has 0 aliphatic carbocycles. The largest absolute Gasteiger partial charge is 0.478 e. The number of halogens is 1. The zero-order valence-electron chi connectivity index (χ0n) is 11.5. The lowest BCUT2D eigenvalue weighted by Crippen LogP contribution is -2.12. The summed E-state index contributed by atoms with van der Waals surface area (Å²) in [6.07, 6.45) is 1.41. The first-order valence-corrected chi connectivity index (χ1v) is 8.31. The van der Waals surface area contributed by atoms with Gasteiger partial charge in [-0.1, -0.05) is 15.9 Å². The highest BCUT2D eigenvalue weighted by atomic mass is 79.9. The van der Waals surface area contributed by atoms with Crippen molar-refractivity contribution >= 4 is 32.7 Å². The molecule has 1 heterocycles. The summed E-state index contributed by atoms with van der Waals surface area (Å²) in [7, 11) is -1.52. The summed E-state index contributed by atoms with van der Waals surface area (Å²) in [5, 5.41) is 13.3. The standard InChI is InChI=1S/C13H14BrN3O3S/c1-8(2)17-12(15-7-16-17)6-21(20)11-5-9(14)3-4-10(11)13(18)19/h3-5,7-8H,6H2,1-2H3,(H,18,19). The number of hydrogen-bond acceptors (Lipinski definition) is 4. The van der Waals surface area contributed by atoms with Crippen LogP contribution in [-0.2, 0) is 16.6 Å². The molecule has 0 aliphatic rings. The molecule has 0 radical (unpaired) electrons. The van der Waals surface area contributed by atoms with Crippen molar-refractivity contribution in [3.05, 3.63) is 40.4 Å². The highest BCUT2D eigenvalue weighted by Gasteiger charge is 2.19. The molecule has 1 N–H and O–H groups in total. The van der Waals surface area contributed by atoms with Crippen LogP contribution in [0.4, 0.5) is 0 Å². The Morgan fingerprint density at radius 3 is 2.81 bits per heavy atom. The van der Waals surface area contributed by atoms with E-state index >= 15 is 0 Å². The second-order valence-electron chi connectivity index (χ2n) is 4.65. The Bertz CT molecular complexity index is 700. The van der Waals surface area contributed by atoms with Gasteiger partial charge in [0.05, 0.1) is 27.0 Å². The van der Waals surface area contributed by atoms with E-state index in [1.807, 2.05) is 13.8 Å². The van der Waals surface area contributed by atoms with E-state index in [9.17, 15) is 14.1 Å². The van der Waals surface area contributed by atoms with Crippen LogP contribution in [0.5, 0.6) is 0 Å². The van der Waals surface area contributed by atoms with Gasteiger partial charge >= 0.3 is 5.97 Å². The Kier molecular flexibility index (Phi) is 4.89. The van der Waals surface area contributed by atoms with Gasteiger partial charge in [-0.2, -0.15) is 5.10 Å². The number of carbonyl (C=O) groups is 1. The summed E-state index contributed by atoms with van der Waals surface area (Å²) >= 11 is 3.27. The minimum absolute atomic E-state index is 0.0344. The minimum atomic E-state index is -1.52. The average Bonchev–Trinajstić information content (AvgIpc) is 2.86. The number of carboxylic acids is 1. The molecular formula is C13H14BrN3O3S. The van der Waals surface area contributed by atoms with Crippen molar-refractivity contribution in [3.63, 3.8) is 0 Å². The maximum absolute atomic E-state index is 12.5. The van der Waals surface area contributed by atoms with Gasteiger partial charge in [-0.25, -0.2) is 14.5 Å². The normalized spacial score (nSPS) is 12.6. The lowest BCUT2D eigenvalue weighted by molar-refractivity contribution is 0.0693. The van der Waals surface area contributed by atoms with Crippen LogP contribution < -0.4 is 0 Å². The summed E-state index contributed by atoms with van der Waals surface area (Å²) in [5.41, 5.74) is 0.0344. The number of benzene rings is 1.